The van der Waals surface area contributed by atoms with Gasteiger partial charge in [0.2, 0.25) is 0 Å². The molecule has 6 nitrogen and oxygen atoms in total. The third-order valence-electron chi connectivity index (χ3n) is 3.83. The Labute approximate surface area is 173 Å². The van der Waals surface area contributed by atoms with Gasteiger partial charge >= 0.3 is 22.3 Å². The Morgan fingerprint density at radius 3 is 2.40 bits per heavy atom. The molecule has 0 aliphatic heterocycles. The number of hydrogen-bond acceptors (Lipinski definition) is 4. The number of halogens is 3. The van der Waals surface area contributed by atoms with Gasteiger partial charge in [-0.15, -0.1) is 0 Å². The number of carbonyl (C=O) groups is 1. The van der Waals surface area contributed by atoms with Gasteiger partial charge in [-0.05, 0) is 41.8 Å². The zero-order valence-electron chi connectivity index (χ0n) is 16.7. The second kappa shape index (κ2) is 9.38. The molecule has 10 heteroatoms. The average molecular weight is 444 g/mol. The summed E-state index contributed by atoms with van der Waals surface area (Å²) in [5.41, 5.74) is -0.227. The lowest BCUT2D eigenvalue weighted by atomic mass is 10.1. The summed E-state index contributed by atoms with van der Waals surface area (Å²) < 4.78 is 66.2. The molecule has 2 aromatic rings. The number of alkyl halides is 3. The van der Waals surface area contributed by atoms with Gasteiger partial charge < -0.3 is 14.4 Å². The third-order valence-corrected chi connectivity index (χ3v) is 4.33. The molecule has 0 spiro atoms. The van der Waals surface area contributed by atoms with Crippen LogP contribution in [-0.2, 0) is 22.8 Å². The van der Waals surface area contributed by atoms with Gasteiger partial charge in [0.1, 0.15) is 5.75 Å². The molecule has 2 rings (SSSR count). The maximum absolute atomic E-state index is 12.9. The number of amides is 2. The van der Waals surface area contributed by atoms with Crippen LogP contribution in [0.2, 0.25) is 0 Å². The molecule has 164 valence electrons. The molecule has 0 unspecified atom stereocenters. The van der Waals surface area contributed by atoms with Crippen LogP contribution in [0.1, 0.15) is 25.0 Å². The first-order valence-electron chi connectivity index (χ1n) is 9.05. The molecule has 0 saturated heterocycles. The largest absolute Gasteiger partial charge is 0.416 e. The highest BCUT2D eigenvalue weighted by atomic mass is 32.2. The number of nitrogens with zero attached hydrogens (tertiary/aromatic N) is 1. The van der Waals surface area contributed by atoms with E-state index in [-0.39, 0.29) is 23.9 Å². The molecule has 0 aromatic heterocycles. The van der Waals surface area contributed by atoms with E-state index in [4.69, 9.17) is 4.18 Å². The van der Waals surface area contributed by atoms with Crippen molar-refractivity contribution in [2.75, 3.05) is 18.1 Å². The SMILES string of the molecule is CC(C)CN(Cc1cccc(OS(C)(=O)=O)c1)C(=O)Nc1cccc(C(F)(F)F)c1. The normalized spacial score (nSPS) is 12.0. The fourth-order valence-electron chi connectivity index (χ4n) is 2.73. The first kappa shape index (κ1) is 23.5. The molecule has 2 aromatic carbocycles. The van der Waals surface area contributed by atoms with Crippen LogP contribution in [-0.4, -0.2) is 32.1 Å². The summed E-state index contributed by atoms with van der Waals surface area (Å²) in [5.74, 6) is 0.200. The van der Waals surface area contributed by atoms with Crippen LogP contribution in [0, 0.1) is 5.92 Å². The van der Waals surface area contributed by atoms with E-state index >= 15 is 0 Å². The first-order chi connectivity index (χ1) is 13.8. The highest BCUT2D eigenvalue weighted by Crippen LogP contribution is 2.30. The monoisotopic (exact) mass is 444 g/mol. The van der Waals surface area contributed by atoms with E-state index in [1.54, 1.807) is 12.1 Å². The number of nitrogens with one attached hydrogen (secondary N) is 1. The van der Waals surface area contributed by atoms with Crippen LogP contribution >= 0.6 is 0 Å². The smallest absolute Gasteiger partial charge is 0.383 e. The molecule has 0 aliphatic carbocycles. The Morgan fingerprint density at radius 2 is 1.80 bits per heavy atom. The molecule has 30 heavy (non-hydrogen) atoms. The van der Waals surface area contributed by atoms with Gasteiger partial charge in [0, 0.05) is 18.8 Å². The van der Waals surface area contributed by atoms with E-state index < -0.39 is 27.9 Å². The van der Waals surface area contributed by atoms with Crippen LogP contribution in [0.4, 0.5) is 23.7 Å². The van der Waals surface area contributed by atoms with E-state index in [1.165, 1.54) is 29.2 Å². The van der Waals surface area contributed by atoms with Crippen molar-refractivity contribution in [3.63, 3.8) is 0 Å². The fraction of sp³-hybridized carbons (Fsp3) is 0.350. The van der Waals surface area contributed by atoms with Crippen molar-refractivity contribution >= 4 is 21.8 Å². The molecule has 0 heterocycles. The van der Waals surface area contributed by atoms with Crippen LogP contribution < -0.4 is 9.50 Å². The summed E-state index contributed by atoms with van der Waals surface area (Å²) in [4.78, 5) is 14.2. The highest BCUT2D eigenvalue weighted by Gasteiger charge is 2.30. The average Bonchev–Trinajstić information content (AvgIpc) is 2.59. The number of urea groups is 1. The van der Waals surface area contributed by atoms with Gasteiger partial charge in [0.05, 0.1) is 11.8 Å². The van der Waals surface area contributed by atoms with Crippen molar-refractivity contribution < 1.29 is 30.6 Å². The molecular formula is C20H23F3N2O4S. The molecule has 0 aliphatic rings. The molecule has 0 radical (unpaired) electrons. The van der Waals surface area contributed by atoms with Crippen molar-refractivity contribution in [2.45, 2.75) is 26.6 Å². The molecule has 1 N–H and O–H groups in total. The quantitative estimate of drug-likeness (QED) is 0.627. The Morgan fingerprint density at radius 1 is 1.13 bits per heavy atom. The van der Waals surface area contributed by atoms with E-state index in [9.17, 15) is 26.4 Å². The molecule has 0 bridgehead atoms. The summed E-state index contributed by atoms with van der Waals surface area (Å²) in [5, 5.41) is 2.49. The van der Waals surface area contributed by atoms with Crippen molar-refractivity contribution in [3.8, 4) is 5.75 Å². The number of hydrogen-bond donors (Lipinski definition) is 1. The summed E-state index contributed by atoms with van der Waals surface area (Å²) >= 11 is 0. The molecule has 0 saturated carbocycles. The van der Waals surface area contributed by atoms with Gasteiger partial charge in [-0.3, -0.25) is 0 Å². The number of rotatable bonds is 7. The lowest BCUT2D eigenvalue weighted by Crippen LogP contribution is -2.37. The van der Waals surface area contributed by atoms with Gasteiger partial charge in [-0.2, -0.15) is 21.6 Å². The summed E-state index contributed by atoms with van der Waals surface area (Å²) in [6, 6.07) is 10.1. The Kier molecular flexibility index (Phi) is 7.35. The predicted octanol–water partition coefficient (Wildman–Crippen LogP) is 4.73. The Balaban J connectivity index is 2.20. The Bertz CT molecular complexity index is 992. The molecule has 2 amide bonds. The number of benzene rings is 2. The van der Waals surface area contributed by atoms with Gasteiger partial charge in [0.25, 0.3) is 0 Å². The summed E-state index contributed by atoms with van der Waals surface area (Å²) in [7, 11) is -3.70. The van der Waals surface area contributed by atoms with E-state index in [1.807, 2.05) is 13.8 Å². The second-order valence-electron chi connectivity index (χ2n) is 7.22. The molecule has 0 atom stereocenters. The van der Waals surface area contributed by atoms with Crippen LogP contribution in [0.25, 0.3) is 0 Å². The standard InChI is InChI=1S/C20H23F3N2O4S/c1-14(2)12-25(13-15-6-4-9-18(10-15)29-30(3,27)28)19(26)24-17-8-5-7-16(11-17)20(21,22)23/h4-11,14H,12-13H2,1-3H3,(H,24,26). The van der Waals surface area contributed by atoms with E-state index in [0.717, 1.165) is 18.4 Å². The van der Waals surface area contributed by atoms with Crippen LogP contribution in [0.3, 0.4) is 0 Å². The minimum atomic E-state index is -4.52. The van der Waals surface area contributed by atoms with Crippen molar-refractivity contribution in [3.05, 3.63) is 59.7 Å². The molecular weight excluding hydrogens is 421 g/mol. The second-order valence-corrected chi connectivity index (χ2v) is 8.79. The van der Waals surface area contributed by atoms with Gasteiger partial charge in [-0.25, -0.2) is 4.79 Å². The zero-order chi connectivity index (χ0) is 22.5. The maximum Gasteiger partial charge on any atom is 0.416 e. The molecule has 0 fully saturated rings. The van der Waals surface area contributed by atoms with Crippen LogP contribution in [0.5, 0.6) is 5.75 Å². The minimum absolute atomic E-state index is 0.0257. The van der Waals surface area contributed by atoms with E-state index in [0.29, 0.717) is 12.1 Å². The maximum atomic E-state index is 12.9. The third kappa shape index (κ3) is 7.58. The van der Waals surface area contributed by atoms with Gasteiger partial charge in [-0.1, -0.05) is 32.0 Å². The van der Waals surface area contributed by atoms with Crippen molar-refractivity contribution in [1.29, 1.82) is 0 Å². The highest BCUT2D eigenvalue weighted by molar-refractivity contribution is 7.86. The summed E-state index contributed by atoms with van der Waals surface area (Å²) in [6.07, 6.45) is -3.59. The zero-order valence-corrected chi connectivity index (χ0v) is 17.5. The van der Waals surface area contributed by atoms with Crippen molar-refractivity contribution in [2.24, 2.45) is 5.92 Å². The van der Waals surface area contributed by atoms with E-state index in [2.05, 4.69) is 5.32 Å². The lowest BCUT2D eigenvalue weighted by molar-refractivity contribution is -0.137. The van der Waals surface area contributed by atoms with Crippen LogP contribution in [0.15, 0.2) is 48.5 Å². The lowest BCUT2D eigenvalue weighted by Gasteiger charge is -2.25. The first-order valence-corrected chi connectivity index (χ1v) is 10.9. The topological polar surface area (TPSA) is 75.7 Å². The summed E-state index contributed by atoms with van der Waals surface area (Å²) in [6.45, 7) is 4.24. The Hall–Kier alpha value is -2.75. The number of carbonyl (C=O) groups excluding carboxylic acids is 1. The minimum Gasteiger partial charge on any atom is -0.383 e. The fourth-order valence-corrected chi connectivity index (χ4v) is 3.18. The number of anilines is 1. The predicted molar refractivity (Wildman–Crippen MR) is 108 cm³/mol. The van der Waals surface area contributed by atoms with Gasteiger partial charge in [0.15, 0.2) is 0 Å². The van der Waals surface area contributed by atoms with Crippen molar-refractivity contribution in [1.82, 2.24) is 4.90 Å².